The lowest BCUT2D eigenvalue weighted by atomic mass is 10.0. The Hall–Kier alpha value is -2.10. The summed E-state index contributed by atoms with van der Waals surface area (Å²) < 4.78 is 1.62. The summed E-state index contributed by atoms with van der Waals surface area (Å²) in [6.07, 6.45) is 1.69. The molecule has 0 spiro atoms. The molecule has 0 amide bonds. The number of aryl methyl sites for hydroxylation is 1. The van der Waals surface area contributed by atoms with Gasteiger partial charge < -0.3 is 4.98 Å². The van der Waals surface area contributed by atoms with Gasteiger partial charge in [0, 0.05) is 12.4 Å². The highest BCUT2D eigenvalue weighted by molar-refractivity contribution is 5.90. The van der Waals surface area contributed by atoms with Crippen LogP contribution in [0.25, 0.3) is 21.9 Å². The minimum atomic E-state index is 0.0362. The fraction of sp³-hybridized carbons (Fsp3) is 0.286. The highest BCUT2D eigenvalue weighted by Crippen LogP contribution is 2.20. The van der Waals surface area contributed by atoms with E-state index in [1.54, 1.807) is 17.9 Å². The maximum Gasteiger partial charge on any atom is 0.215 e. The van der Waals surface area contributed by atoms with Gasteiger partial charge in [-0.3, -0.25) is 9.48 Å². The summed E-state index contributed by atoms with van der Waals surface area (Å²) in [5.41, 5.74) is 3.55. The minimum absolute atomic E-state index is 0.0362. The van der Waals surface area contributed by atoms with Crippen LogP contribution in [0.5, 0.6) is 0 Å². The molecule has 0 saturated carbocycles. The summed E-state index contributed by atoms with van der Waals surface area (Å²) in [4.78, 5) is 15.7. The average Bonchev–Trinajstić information content (AvgIpc) is 2.70. The van der Waals surface area contributed by atoms with Crippen LogP contribution in [-0.4, -0.2) is 14.8 Å². The van der Waals surface area contributed by atoms with E-state index in [4.69, 9.17) is 0 Å². The van der Waals surface area contributed by atoms with Crippen LogP contribution < -0.4 is 5.43 Å². The molecule has 0 unspecified atom stereocenters. The van der Waals surface area contributed by atoms with E-state index < -0.39 is 0 Å². The number of hydrogen-bond donors (Lipinski definition) is 1. The number of pyridine rings is 1. The van der Waals surface area contributed by atoms with E-state index >= 15 is 0 Å². The van der Waals surface area contributed by atoms with Crippen molar-refractivity contribution in [1.82, 2.24) is 14.8 Å². The van der Waals surface area contributed by atoms with Gasteiger partial charge in [-0.15, -0.1) is 0 Å². The van der Waals surface area contributed by atoms with Gasteiger partial charge in [-0.2, -0.15) is 5.10 Å². The first-order chi connectivity index (χ1) is 8.58. The van der Waals surface area contributed by atoms with Gasteiger partial charge in [-0.25, -0.2) is 0 Å². The number of benzene rings is 1. The average molecular weight is 241 g/mol. The van der Waals surface area contributed by atoms with Crippen LogP contribution in [0.2, 0.25) is 0 Å². The molecular formula is C14H15N3O. The van der Waals surface area contributed by atoms with Gasteiger partial charge in [0.15, 0.2) is 0 Å². The topological polar surface area (TPSA) is 50.7 Å². The molecule has 0 saturated heterocycles. The second-order valence-electron chi connectivity index (χ2n) is 4.94. The number of aromatic amines is 1. The third kappa shape index (κ3) is 1.45. The van der Waals surface area contributed by atoms with Gasteiger partial charge in [0.1, 0.15) is 5.52 Å². The molecule has 92 valence electrons. The maximum absolute atomic E-state index is 12.4. The first-order valence-corrected chi connectivity index (χ1v) is 6.05. The number of fused-ring (bicyclic) bond motifs is 2. The Balaban J connectivity index is 2.45. The summed E-state index contributed by atoms with van der Waals surface area (Å²) in [7, 11) is 1.78. The second kappa shape index (κ2) is 3.70. The molecule has 3 aromatic rings. The number of nitrogens with zero attached hydrogens (tertiary/aromatic N) is 2. The molecule has 0 aliphatic heterocycles. The van der Waals surface area contributed by atoms with Gasteiger partial charge >= 0.3 is 0 Å². The van der Waals surface area contributed by atoms with Crippen molar-refractivity contribution in [3.8, 4) is 0 Å². The molecule has 3 rings (SSSR count). The first-order valence-electron chi connectivity index (χ1n) is 6.05. The van der Waals surface area contributed by atoms with E-state index in [2.05, 4.69) is 23.9 Å². The SMILES string of the molecule is CC(C)c1ccc2c(=O)c3c(cnn3C)[nH]c2c1. The summed E-state index contributed by atoms with van der Waals surface area (Å²) in [6.45, 7) is 4.28. The number of nitrogens with one attached hydrogen (secondary N) is 1. The molecule has 1 N–H and O–H groups in total. The van der Waals surface area contributed by atoms with E-state index in [1.165, 1.54) is 5.56 Å². The predicted octanol–water partition coefficient (Wildman–Crippen LogP) is 2.54. The van der Waals surface area contributed by atoms with Crippen LogP contribution in [0.4, 0.5) is 0 Å². The quantitative estimate of drug-likeness (QED) is 0.711. The molecule has 0 bridgehead atoms. The number of rotatable bonds is 1. The highest BCUT2D eigenvalue weighted by Gasteiger charge is 2.10. The lowest BCUT2D eigenvalue weighted by Gasteiger charge is -2.07. The van der Waals surface area contributed by atoms with Crippen LogP contribution in [0.1, 0.15) is 25.3 Å². The van der Waals surface area contributed by atoms with Gasteiger partial charge in [0.2, 0.25) is 5.43 Å². The Kier molecular flexibility index (Phi) is 2.26. The molecule has 4 heteroatoms. The van der Waals surface area contributed by atoms with Crippen molar-refractivity contribution in [2.45, 2.75) is 19.8 Å². The number of hydrogen-bond acceptors (Lipinski definition) is 2. The maximum atomic E-state index is 12.4. The molecule has 0 aliphatic rings. The summed E-state index contributed by atoms with van der Waals surface area (Å²) in [5, 5.41) is 4.84. The monoisotopic (exact) mass is 241 g/mol. The van der Waals surface area contributed by atoms with Gasteiger partial charge in [0.25, 0.3) is 0 Å². The van der Waals surface area contributed by atoms with E-state index in [0.29, 0.717) is 11.4 Å². The molecule has 2 aromatic heterocycles. The smallest absolute Gasteiger partial charge is 0.215 e. The molecule has 1 aromatic carbocycles. The molecule has 0 atom stereocenters. The Labute approximate surface area is 104 Å². The van der Waals surface area contributed by atoms with E-state index in [1.807, 2.05) is 18.2 Å². The van der Waals surface area contributed by atoms with Crippen LogP contribution in [-0.2, 0) is 7.05 Å². The van der Waals surface area contributed by atoms with Crippen molar-refractivity contribution in [1.29, 1.82) is 0 Å². The highest BCUT2D eigenvalue weighted by atomic mass is 16.1. The van der Waals surface area contributed by atoms with Crippen LogP contribution >= 0.6 is 0 Å². The summed E-state index contributed by atoms with van der Waals surface area (Å²) >= 11 is 0. The standard InChI is InChI=1S/C14H15N3O/c1-8(2)9-4-5-10-11(6-9)16-12-7-15-17(3)13(12)14(10)18/h4-8H,1-3H3,(H,16,18). The van der Waals surface area contributed by atoms with Gasteiger partial charge in [0.05, 0.1) is 17.2 Å². The second-order valence-corrected chi connectivity index (χ2v) is 4.94. The van der Waals surface area contributed by atoms with Crippen molar-refractivity contribution in [2.24, 2.45) is 7.05 Å². The van der Waals surface area contributed by atoms with Crippen molar-refractivity contribution >= 4 is 21.9 Å². The lowest BCUT2D eigenvalue weighted by Crippen LogP contribution is -2.08. The van der Waals surface area contributed by atoms with Crippen molar-refractivity contribution in [3.05, 3.63) is 40.2 Å². The number of H-pyrrole nitrogens is 1. The van der Waals surface area contributed by atoms with Crippen molar-refractivity contribution < 1.29 is 0 Å². The molecule has 2 heterocycles. The van der Waals surface area contributed by atoms with E-state index in [-0.39, 0.29) is 5.43 Å². The molecule has 4 nitrogen and oxygen atoms in total. The molecule has 0 fully saturated rings. The third-order valence-corrected chi connectivity index (χ3v) is 3.38. The van der Waals surface area contributed by atoms with Gasteiger partial charge in [-0.1, -0.05) is 19.9 Å². The summed E-state index contributed by atoms with van der Waals surface area (Å²) in [6, 6.07) is 5.97. The van der Waals surface area contributed by atoms with Crippen LogP contribution in [0.15, 0.2) is 29.2 Å². The fourth-order valence-corrected chi connectivity index (χ4v) is 2.29. The van der Waals surface area contributed by atoms with E-state index in [9.17, 15) is 4.79 Å². The zero-order valence-electron chi connectivity index (χ0n) is 10.7. The third-order valence-electron chi connectivity index (χ3n) is 3.38. The molecule has 0 aliphatic carbocycles. The molecular weight excluding hydrogens is 226 g/mol. The number of aromatic nitrogens is 3. The zero-order valence-corrected chi connectivity index (χ0v) is 10.7. The molecule has 18 heavy (non-hydrogen) atoms. The Morgan fingerprint density at radius 3 is 2.78 bits per heavy atom. The van der Waals surface area contributed by atoms with Crippen LogP contribution in [0, 0.1) is 0 Å². The predicted molar refractivity (Wildman–Crippen MR) is 72.9 cm³/mol. The largest absolute Gasteiger partial charge is 0.352 e. The zero-order chi connectivity index (χ0) is 12.9. The minimum Gasteiger partial charge on any atom is -0.352 e. The fourth-order valence-electron chi connectivity index (χ4n) is 2.29. The van der Waals surface area contributed by atoms with Crippen molar-refractivity contribution in [3.63, 3.8) is 0 Å². The Morgan fingerprint density at radius 1 is 1.28 bits per heavy atom. The van der Waals surface area contributed by atoms with Crippen molar-refractivity contribution in [2.75, 3.05) is 0 Å². The Morgan fingerprint density at radius 2 is 2.06 bits per heavy atom. The van der Waals surface area contributed by atoms with E-state index in [0.717, 1.165) is 16.4 Å². The molecule has 0 radical (unpaired) electrons. The first kappa shape index (κ1) is 11.0. The lowest BCUT2D eigenvalue weighted by molar-refractivity contribution is 0.795. The summed E-state index contributed by atoms with van der Waals surface area (Å²) in [5.74, 6) is 0.447. The van der Waals surface area contributed by atoms with Crippen LogP contribution in [0.3, 0.4) is 0 Å². The van der Waals surface area contributed by atoms with Gasteiger partial charge in [-0.05, 0) is 23.6 Å². The normalized spacial score (nSPS) is 11.8. The Bertz CT molecular complexity index is 796.